The molecule has 0 saturated carbocycles. The second-order valence-corrected chi connectivity index (χ2v) is 2.75. The molecule has 3 N–H and O–H groups in total. The van der Waals surface area contributed by atoms with E-state index in [-0.39, 0.29) is 6.90 Å². The molecule has 0 radical (unpaired) electrons. The fourth-order valence-corrected chi connectivity index (χ4v) is 1.11. The summed E-state index contributed by atoms with van der Waals surface area (Å²) < 4.78 is 16.8. The van der Waals surface area contributed by atoms with Gasteiger partial charge in [-0.2, -0.15) is 0 Å². The van der Waals surface area contributed by atoms with Gasteiger partial charge < -0.3 is 24.8 Å². The third-order valence-electron chi connectivity index (χ3n) is 1.90. The van der Waals surface area contributed by atoms with Gasteiger partial charge in [0.2, 0.25) is 0 Å². The third kappa shape index (κ3) is 1.60. The van der Waals surface area contributed by atoms with Crippen molar-refractivity contribution in [3.8, 4) is 0 Å². The lowest BCUT2D eigenvalue weighted by molar-refractivity contribution is -0.286. The van der Waals surface area contributed by atoms with Crippen LogP contribution in [0.5, 0.6) is 0 Å². The number of aliphatic hydroxyl groups is 3. The van der Waals surface area contributed by atoms with Crippen LogP contribution < -0.4 is 0 Å². The van der Waals surface area contributed by atoms with Crippen LogP contribution >= 0.6 is 0 Å². The summed E-state index contributed by atoms with van der Waals surface area (Å²) in [6.07, 6.45) is -5.63. The van der Waals surface area contributed by atoms with Gasteiger partial charge in [0.1, 0.15) is 18.3 Å². The Morgan fingerprint density at radius 1 is 1.25 bits per heavy atom. The quantitative estimate of drug-likeness (QED) is 0.454. The molecule has 0 aromatic heterocycles. The Labute approximate surface area is 71.9 Å². The predicted octanol–water partition coefficient (Wildman–Crippen LogP) is -1.54. The Balaban J connectivity index is 2.66. The van der Waals surface area contributed by atoms with Crippen molar-refractivity contribution in [2.75, 3.05) is 7.11 Å². The van der Waals surface area contributed by atoms with Crippen LogP contribution in [0.2, 0.25) is 0 Å². The van der Waals surface area contributed by atoms with E-state index in [0.717, 1.165) is 0 Å². The summed E-state index contributed by atoms with van der Waals surface area (Å²) in [5.74, 6) is 0. The lowest BCUT2D eigenvalue weighted by Gasteiger charge is -2.38. The van der Waals surface area contributed by atoms with E-state index in [2.05, 4.69) is 0 Å². The van der Waals surface area contributed by atoms with Crippen molar-refractivity contribution in [3.05, 3.63) is 0 Å². The molecule has 1 saturated heterocycles. The molecule has 5 nitrogen and oxygen atoms in total. The van der Waals surface area contributed by atoms with Crippen molar-refractivity contribution >= 4 is 0 Å². The normalized spacial score (nSPS) is 50.3. The van der Waals surface area contributed by atoms with Gasteiger partial charge in [0.15, 0.2) is 6.29 Å². The number of aliphatic hydroxyl groups excluding tert-OH is 3. The van der Waals surface area contributed by atoms with Crippen molar-refractivity contribution in [2.24, 2.45) is 0 Å². The van der Waals surface area contributed by atoms with Crippen LogP contribution in [-0.2, 0) is 9.47 Å². The molecule has 0 spiro atoms. The summed E-state index contributed by atoms with van der Waals surface area (Å²) in [6.45, 7) is -0.190. The van der Waals surface area contributed by atoms with E-state index < -0.39 is 30.7 Å². The minimum Gasteiger partial charge on any atom is -0.388 e. The van der Waals surface area contributed by atoms with Crippen LogP contribution in [0, 0.1) is 0 Å². The molecular formula is C7H14O5. The number of hydrogen-bond donors (Lipinski definition) is 3. The molecule has 0 amide bonds. The summed E-state index contributed by atoms with van der Waals surface area (Å²) in [5, 5.41) is 27.9. The smallest absolute Gasteiger partial charge is 0.186 e. The van der Waals surface area contributed by atoms with Crippen LogP contribution in [0.3, 0.4) is 0 Å². The van der Waals surface area contributed by atoms with Gasteiger partial charge in [0, 0.05) is 8.48 Å². The zero-order valence-electron chi connectivity index (χ0n) is 7.75. The van der Waals surface area contributed by atoms with Crippen molar-refractivity contribution in [2.45, 2.75) is 37.6 Å². The fourth-order valence-electron chi connectivity index (χ4n) is 1.11. The van der Waals surface area contributed by atoms with Gasteiger partial charge in [-0.25, -0.2) is 0 Å². The van der Waals surface area contributed by atoms with E-state index >= 15 is 0 Å². The van der Waals surface area contributed by atoms with Gasteiger partial charge in [-0.1, -0.05) is 0 Å². The zero-order valence-corrected chi connectivity index (χ0v) is 6.75. The Hall–Kier alpha value is -0.200. The molecule has 72 valence electrons. The third-order valence-corrected chi connectivity index (χ3v) is 1.90. The van der Waals surface area contributed by atoms with E-state index in [9.17, 15) is 15.3 Å². The highest BCUT2D eigenvalue weighted by atomic mass is 16.7. The highest BCUT2D eigenvalue weighted by Gasteiger charge is 2.41. The zero-order chi connectivity index (χ0) is 10.0. The molecule has 1 aliphatic rings. The van der Waals surface area contributed by atoms with E-state index in [1.807, 2.05) is 0 Å². The molecular weight excluding hydrogens is 164 g/mol. The number of hydrogen-bond acceptors (Lipinski definition) is 5. The van der Waals surface area contributed by atoms with Gasteiger partial charge in [-0.3, -0.25) is 0 Å². The molecule has 5 heteroatoms. The average molecular weight is 179 g/mol. The van der Waals surface area contributed by atoms with Crippen molar-refractivity contribution in [3.63, 3.8) is 0 Å². The van der Waals surface area contributed by atoms with Crippen LogP contribution in [0.25, 0.3) is 0 Å². The molecule has 5 atom stereocenters. The van der Waals surface area contributed by atoms with Crippen molar-refractivity contribution in [1.82, 2.24) is 0 Å². The van der Waals surface area contributed by atoms with Gasteiger partial charge in [0.05, 0.1) is 6.10 Å². The van der Waals surface area contributed by atoms with Crippen molar-refractivity contribution in [1.29, 1.82) is 0 Å². The molecule has 1 heterocycles. The number of rotatable bonds is 1. The molecule has 1 aliphatic heterocycles. The minimum atomic E-state index is -1.32. The average Bonchev–Trinajstić information content (AvgIpc) is 2.15. The highest BCUT2D eigenvalue weighted by molar-refractivity contribution is 4.86. The first-order valence-electron chi connectivity index (χ1n) is 4.34. The van der Waals surface area contributed by atoms with E-state index in [1.54, 1.807) is 0 Å². The van der Waals surface area contributed by atoms with E-state index in [4.69, 9.17) is 10.8 Å². The number of ether oxygens (including phenoxy) is 2. The Bertz CT molecular complexity index is 147. The first-order chi connectivity index (χ1) is 6.11. The topological polar surface area (TPSA) is 79.2 Å². The maximum atomic E-state index is 9.31. The molecule has 0 aliphatic carbocycles. The summed E-state index contributed by atoms with van der Waals surface area (Å²) in [7, 11) is 1.32. The Kier molecular flexibility index (Phi) is 2.57. The fraction of sp³-hybridized carbons (Fsp3) is 1.00. The summed E-state index contributed by atoms with van der Waals surface area (Å²) in [6, 6.07) is 0. The first kappa shape index (κ1) is 8.40. The van der Waals surface area contributed by atoms with Crippen molar-refractivity contribution < 1.29 is 26.2 Å². The monoisotopic (exact) mass is 179 g/mol. The maximum absolute atomic E-state index is 9.31. The summed E-state index contributed by atoms with van der Waals surface area (Å²) in [4.78, 5) is 0. The highest BCUT2D eigenvalue weighted by Crippen LogP contribution is 2.20. The second-order valence-electron chi connectivity index (χ2n) is 2.75. The molecule has 0 bridgehead atoms. The van der Waals surface area contributed by atoms with Gasteiger partial charge in [0.25, 0.3) is 0 Å². The second kappa shape index (κ2) is 3.68. The van der Waals surface area contributed by atoms with E-state index in [1.165, 1.54) is 7.11 Å². The summed E-state index contributed by atoms with van der Waals surface area (Å²) >= 11 is 0. The molecule has 1 fully saturated rings. The molecule has 1 rings (SSSR count). The summed E-state index contributed by atoms with van der Waals surface area (Å²) in [5.41, 5.74) is 0. The van der Waals surface area contributed by atoms with E-state index in [0.29, 0.717) is 0 Å². The molecule has 0 unspecified atom stereocenters. The molecule has 0 aromatic rings. The minimum absolute atomic E-state index is 0.190. The lowest BCUT2D eigenvalue weighted by Crippen LogP contribution is -2.57. The Morgan fingerprint density at radius 3 is 2.42 bits per heavy atom. The van der Waals surface area contributed by atoms with Gasteiger partial charge in [-0.15, -0.1) is 0 Å². The Morgan fingerprint density at radius 2 is 1.92 bits per heavy atom. The largest absolute Gasteiger partial charge is 0.388 e. The van der Waals surface area contributed by atoms with Crippen LogP contribution in [-0.4, -0.2) is 53.1 Å². The molecule has 0 aromatic carbocycles. The lowest BCUT2D eigenvalue weighted by atomic mass is 10.0. The van der Waals surface area contributed by atoms with Crippen LogP contribution in [0.15, 0.2) is 0 Å². The van der Waals surface area contributed by atoms with Gasteiger partial charge in [-0.05, 0) is 6.90 Å². The standard InChI is InChI=1S/C7H14O5/c1-3-4(8)5(9)6(10)7(11-2)12-3/h3-10H,1-2H3/t3-,4-,5+,6-,7+/m1/s1/i1D. The number of methoxy groups -OCH3 is 1. The van der Waals surface area contributed by atoms with Crippen LogP contribution in [0.4, 0.5) is 0 Å². The maximum Gasteiger partial charge on any atom is 0.186 e. The van der Waals surface area contributed by atoms with Crippen LogP contribution in [0.1, 0.15) is 8.27 Å². The first-order valence-corrected chi connectivity index (χ1v) is 3.63. The SMILES string of the molecule is [2H]C[C@H]1O[C@H](OC)[C@H](O)[C@@H](O)[C@@H]1O. The van der Waals surface area contributed by atoms with Gasteiger partial charge >= 0.3 is 0 Å². The molecule has 12 heavy (non-hydrogen) atoms. The predicted molar refractivity (Wildman–Crippen MR) is 39.4 cm³/mol.